The molecule has 1 saturated heterocycles. The van der Waals surface area contributed by atoms with Crippen LogP contribution in [0.1, 0.15) is 64.9 Å². The first-order valence-corrected chi connectivity index (χ1v) is 11.6. The first kappa shape index (κ1) is 22.4. The maximum atomic E-state index is 12.2. The number of likely N-dealkylation sites (tertiary alicyclic amines) is 1. The number of ether oxygens (including phenoxy) is 1. The fourth-order valence-corrected chi connectivity index (χ4v) is 4.18. The van der Waals surface area contributed by atoms with E-state index in [0.29, 0.717) is 12.6 Å². The maximum absolute atomic E-state index is 12.2. The highest BCUT2D eigenvalue weighted by Crippen LogP contribution is 2.23. The molecular weight excluding hydrogens is 376 g/mol. The lowest BCUT2D eigenvalue weighted by atomic mass is 9.98. The number of aliphatic imine (C=N–C) groups is 1. The molecule has 1 unspecified atom stereocenters. The fraction of sp³-hybridized carbons (Fsp3) is 0.667. The SMILES string of the molecule is CCNC(=NCc1ccc(OC2CCCCC2)cc1)NC1CCN(C(=O)C(C)C)C1. The lowest BCUT2D eigenvalue weighted by molar-refractivity contribution is -0.133. The predicted octanol–water partition coefficient (Wildman–Crippen LogP) is 3.71. The molecule has 1 aromatic carbocycles. The monoisotopic (exact) mass is 414 g/mol. The van der Waals surface area contributed by atoms with Crippen LogP contribution in [0.15, 0.2) is 29.3 Å². The summed E-state index contributed by atoms with van der Waals surface area (Å²) >= 11 is 0. The number of rotatable bonds is 7. The summed E-state index contributed by atoms with van der Waals surface area (Å²) in [5.74, 6) is 2.05. The van der Waals surface area contributed by atoms with Crippen LogP contribution >= 0.6 is 0 Å². The second-order valence-electron chi connectivity index (χ2n) is 8.79. The van der Waals surface area contributed by atoms with E-state index in [1.165, 1.54) is 32.1 Å². The third kappa shape index (κ3) is 6.64. The quantitative estimate of drug-likeness (QED) is 0.527. The lowest BCUT2D eigenvalue weighted by Gasteiger charge is -2.23. The summed E-state index contributed by atoms with van der Waals surface area (Å²) < 4.78 is 6.12. The van der Waals surface area contributed by atoms with E-state index >= 15 is 0 Å². The topological polar surface area (TPSA) is 66.0 Å². The largest absolute Gasteiger partial charge is 0.490 e. The Kier molecular flexibility index (Phi) is 8.40. The number of benzene rings is 1. The van der Waals surface area contributed by atoms with E-state index in [4.69, 9.17) is 9.73 Å². The summed E-state index contributed by atoms with van der Waals surface area (Å²) in [5.41, 5.74) is 1.16. The molecule has 1 saturated carbocycles. The molecule has 1 heterocycles. The summed E-state index contributed by atoms with van der Waals surface area (Å²) in [4.78, 5) is 18.9. The van der Waals surface area contributed by atoms with E-state index in [9.17, 15) is 4.79 Å². The van der Waals surface area contributed by atoms with E-state index in [2.05, 4.69) is 41.8 Å². The number of amides is 1. The summed E-state index contributed by atoms with van der Waals surface area (Å²) in [6.45, 7) is 8.96. The number of carbonyl (C=O) groups excluding carboxylic acids is 1. The Labute approximate surface area is 181 Å². The van der Waals surface area contributed by atoms with Gasteiger partial charge >= 0.3 is 0 Å². The number of guanidine groups is 1. The highest BCUT2D eigenvalue weighted by molar-refractivity contribution is 5.81. The van der Waals surface area contributed by atoms with Crippen LogP contribution in [-0.4, -0.2) is 48.5 Å². The second kappa shape index (κ2) is 11.2. The van der Waals surface area contributed by atoms with Crippen molar-refractivity contribution in [3.63, 3.8) is 0 Å². The van der Waals surface area contributed by atoms with E-state index in [-0.39, 0.29) is 17.9 Å². The molecule has 3 rings (SSSR count). The Morgan fingerprint density at radius 3 is 2.57 bits per heavy atom. The molecule has 6 heteroatoms. The summed E-state index contributed by atoms with van der Waals surface area (Å²) in [6, 6.07) is 8.57. The second-order valence-corrected chi connectivity index (χ2v) is 8.79. The molecule has 0 spiro atoms. The number of nitrogens with one attached hydrogen (secondary N) is 2. The standard InChI is InChI=1S/C24H38N4O2/c1-4-25-24(27-20-14-15-28(17-20)23(29)18(2)3)26-16-19-10-12-22(13-11-19)30-21-8-6-5-7-9-21/h10-13,18,20-21H,4-9,14-17H2,1-3H3,(H2,25,26,27). The predicted molar refractivity (Wildman–Crippen MR) is 122 cm³/mol. The highest BCUT2D eigenvalue weighted by atomic mass is 16.5. The van der Waals surface area contributed by atoms with Gasteiger partial charge in [-0.25, -0.2) is 4.99 Å². The number of carbonyl (C=O) groups is 1. The van der Waals surface area contributed by atoms with Gasteiger partial charge in [-0.15, -0.1) is 0 Å². The van der Waals surface area contributed by atoms with Gasteiger partial charge in [0.25, 0.3) is 0 Å². The van der Waals surface area contributed by atoms with Gasteiger partial charge < -0.3 is 20.3 Å². The number of nitrogens with zero attached hydrogens (tertiary/aromatic N) is 2. The van der Waals surface area contributed by atoms with Crippen molar-refractivity contribution in [1.29, 1.82) is 0 Å². The van der Waals surface area contributed by atoms with Gasteiger partial charge in [-0.05, 0) is 56.7 Å². The Hall–Kier alpha value is -2.24. The van der Waals surface area contributed by atoms with Crippen LogP contribution in [-0.2, 0) is 11.3 Å². The third-order valence-electron chi connectivity index (χ3n) is 5.88. The number of hydrogen-bond donors (Lipinski definition) is 2. The van der Waals surface area contributed by atoms with Gasteiger partial charge in [-0.2, -0.15) is 0 Å². The van der Waals surface area contributed by atoms with Crippen molar-refractivity contribution in [1.82, 2.24) is 15.5 Å². The molecule has 0 radical (unpaired) electrons. The smallest absolute Gasteiger partial charge is 0.225 e. The minimum absolute atomic E-state index is 0.0516. The van der Waals surface area contributed by atoms with Gasteiger partial charge in [0.2, 0.25) is 5.91 Å². The van der Waals surface area contributed by atoms with E-state index < -0.39 is 0 Å². The molecule has 1 aliphatic carbocycles. The molecule has 1 aliphatic heterocycles. The minimum atomic E-state index is 0.0516. The van der Waals surface area contributed by atoms with E-state index in [0.717, 1.165) is 43.3 Å². The van der Waals surface area contributed by atoms with E-state index in [1.54, 1.807) is 0 Å². The van der Waals surface area contributed by atoms with Crippen LogP contribution in [0.2, 0.25) is 0 Å². The van der Waals surface area contributed by atoms with Gasteiger partial charge in [0.15, 0.2) is 5.96 Å². The zero-order chi connectivity index (χ0) is 21.3. The first-order valence-electron chi connectivity index (χ1n) is 11.6. The van der Waals surface area contributed by atoms with Crippen molar-refractivity contribution < 1.29 is 9.53 Å². The molecule has 1 aromatic rings. The van der Waals surface area contributed by atoms with Crippen LogP contribution in [0.25, 0.3) is 0 Å². The Morgan fingerprint density at radius 2 is 1.90 bits per heavy atom. The Balaban J connectivity index is 1.51. The molecule has 30 heavy (non-hydrogen) atoms. The highest BCUT2D eigenvalue weighted by Gasteiger charge is 2.27. The average Bonchev–Trinajstić information content (AvgIpc) is 3.22. The molecule has 6 nitrogen and oxygen atoms in total. The van der Waals surface area contributed by atoms with Crippen LogP contribution in [0.3, 0.4) is 0 Å². The maximum Gasteiger partial charge on any atom is 0.225 e. The molecule has 2 N–H and O–H groups in total. The normalized spacial score (nSPS) is 20.5. The van der Waals surface area contributed by atoms with Crippen LogP contribution in [0.4, 0.5) is 0 Å². The lowest BCUT2D eigenvalue weighted by Crippen LogP contribution is -2.45. The van der Waals surface area contributed by atoms with E-state index in [1.807, 2.05) is 18.7 Å². The van der Waals surface area contributed by atoms with Crippen molar-refractivity contribution >= 4 is 11.9 Å². The molecule has 0 bridgehead atoms. The average molecular weight is 415 g/mol. The molecule has 166 valence electrons. The first-order chi connectivity index (χ1) is 14.5. The van der Waals surface area contributed by atoms with Crippen LogP contribution in [0, 0.1) is 5.92 Å². The van der Waals surface area contributed by atoms with Gasteiger partial charge in [-0.3, -0.25) is 4.79 Å². The van der Waals surface area contributed by atoms with Crippen LogP contribution in [0.5, 0.6) is 5.75 Å². The summed E-state index contributed by atoms with van der Waals surface area (Å²) in [5, 5.41) is 6.82. The molecular formula is C24H38N4O2. The summed E-state index contributed by atoms with van der Waals surface area (Å²) in [7, 11) is 0. The third-order valence-corrected chi connectivity index (χ3v) is 5.88. The fourth-order valence-electron chi connectivity index (χ4n) is 4.18. The Morgan fingerprint density at radius 1 is 1.17 bits per heavy atom. The van der Waals surface area contributed by atoms with Crippen LogP contribution < -0.4 is 15.4 Å². The van der Waals surface area contributed by atoms with Gasteiger partial charge in [0.1, 0.15) is 5.75 Å². The molecule has 0 aromatic heterocycles. The van der Waals surface area contributed by atoms with Gasteiger partial charge in [0.05, 0.1) is 12.6 Å². The zero-order valence-electron chi connectivity index (χ0n) is 18.8. The molecule has 1 atom stereocenters. The van der Waals surface area contributed by atoms with Crippen molar-refractivity contribution in [3.8, 4) is 5.75 Å². The zero-order valence-corrected chi connectivity index (χ0v) is 18.8. The molecule has 2 aliphatic rings. The molecule has 2 fully saturated rings. The minimum Gasteiger partial charge on any atom is -0.490 e. The van der Waals surface area contributed by atoms with Gasteiger partial charge in [0, 0.05) is 31.6 Å². The number of hydrogen-bond acceptors (Lipinski definition) is 3. The van der Waals surface area contributed by atoms with Crippen molar-refractivity contribution in [2.24, 2.45) is 10.9 Å². The van der Waals surface area contributed by atoms with Crippen molar-refractivity contribution in [3.05, 3.63) is 29.8 Å². The molecule has 1 amide bonds. The van der Waals surface area contributed by atoms with Gasteiger partial charge in [-0.1, -0.05) is 32.4 Å². The van der Waals surface area contributed by atoms with Crippen molar-refractivity contribution in [2.45, 2.75) is 78.0 Å². The Bertz CT molecular complexity index is 696. The van der Waals surface area contributed by atoms with Crippen molar-refractivity contribution in [2.75, 3.05) is 19.6 Å². The summed E-state index contributed by atoms with van der Waals surface area (Å²) in [6.07, 6.45) is 7.57.